The van der Waals surface area contributed by atoms with E-state index in [-0.39, 0.29) is 5.56 Å². The molecular formula is C18H26NSi+. The average molecular weight is 290 g/mol. The van der Waals surface area contributed by atoms with Gasteiger partial charge in [-0.3, -0.25) is 0 Å². The van der Waals surface area contributed by atoms with Crippen molar-refractivity contribution in [1.82, 2.24) is 0 Å². The maximum absolute atomic E-state index is 8.69. The molecule has 2 aromatic rings. The number of benzene rings is 1. The molecule has 2 rings (SSSR count). The minimum absolute atomic E-state index is 0.0970. The monoisotopic (exact) mass is 289 g/mol. The van der Waals surface area contributed by atoms with Crippen LogP contribution >= 0.6 is 0 Å². The van der Waals surface area contributed by atoms with Gasteiger partial charge >= 0.3 is 0 Å². The zero-order chi connectivity index (χ0) is 19.2. The molecule has 0 atom stereocenters. The number of aromatic nitrogens is 1. The van der Waals surface area contributed by atoms with Crippen LogP contribution in [0.2, 0.25) is 19.6 Å². The van der Waals surface area contributed by atoms with E-state index in [0.717, 1.165) is 16.8 Å². The van der Waals surface area contributed by atoms with Crippen LogP contribution in [0.25, 0.3) is 11.3 Å². The second-order valence-corrected chi connectivity index (χ2v) is 11.0. The molecule has 0 aliphatic heterocycles. The van der Waals surface area contributed by atoms with Crippen molar-refractivity contribution in [3.8, 4) is 11.3 Å². The summed E-state index contributed by atoms with van der Waals surface area (Å²) in [6.07, 6.45) is 1.57. The zero-order valence-electron chi connectivity index (χ0n) is 17.9. The van der Waals surface area contributed by atoms with E-state index in [1.165, 1.54) is 0 Å². The summed E-state index contributed by atoms with van der Waals surface area (Å²) in [5.41, 5.74) is 3.26. The van der Waals surface area contributed by atoms with Gasteiger partial charge in [0.2, 0.25) is 5.69 Å². The maximum atomic E-state index is 8.69. The first-order valence-corrected chi connectivity index (χ1v) is 10.4. The molecule has 0 bridgehead atoms. The van der Waals surface area contributed by atoms with E-state index in [1.54, 1.807) is 16.8 Å². The molecule has 0 amide bonds. The van der Waals surface area contributed by atoms with Crippen LogP contribution in [0.15, 0.2) is 36.5 Å². The van der Waals surface area contributed by atoms with Gasteiger partial charge in [-0.1, -0.05) is 37.8 Å². The lowest BCUT2D eigenvalue weighted by Crippen LogP contribution is -2.33. The largest absolute Gasteiger partial charge is 0.212 e. The van der Waals surface area contributed by atoms with E-state index in [4.69, 9.17) is 6.85 Å². The van der Waals surface area contributed by atoms with E-state index < -0.39 is 20.9 Å². The second kappa shape index (κ2) is 5.53. The van der Waals surface area contributed by atoms with Crippen molar-refractivity contribution in [2.24, 2.45) is 7.05 Å². The first-order chi connectivity index (χ1) is 11.3. The van der Waals surface area contributed by atoms with Crippen molar-refractivity contribution in [1.29, 1.82) is 0 Å². The molecule has 0 aliphatic carbocycles. The molecule has 0 unspecified atom stereocenters. The molecule has 0 aliphatic rings. The summed E-state index contributed by atoms with van der Waals surface area (Å²) in [6.45, 7) is 5.42. The highest BCUT2D eigenvalue weighted by Gasteiger charge is 2.20. The molecule has 0 radical (unpaired) electrons. The summed E-state index contributed by atoms with van der Waals surface area (Å²) in [5, 5.41) is 0. The SMILES string of the molecule is [2H]C([2H])([2H])c1c[n+](C)c(-c2ccccc2C)cc1C([2H])([2H])[Si](C)(C)C. The Labute approximate surface area is 131 Å². The fourth-order valence-electron chi connectivity index (χ4n) is 2.28. The molecule has 0 saturated carbocycles. The summed E-state index contributed by atoms with van der Waals surface area (Å²) < 4.78 is 42.8. The zero-order valence-corrected chi connectivity index (χ0v) is 13.9. The third kappa shape index (κ3) is 3.37. The molecule has 2 heteroatoms. The lowest BCUT2D eigenvalue weighted by molar-refractivity contribution is -0.660. The highest BCUT2D eigenvalue weighted by atomic mass is 28.3. The third-order valence-electron chi connectivity index (χ3n) is 3.20. The van der Waals surface area contributed by atoms with Crippen LogP contribution in [-0.4, -0.2) is 8.07 Å². The Kier molecular flexibility index (Phi) is 2.63. The van der Waals surface area contributed by atoms with E-state index in [0.29, 0.717) is 5.56 Å². The van der Waals surface area contributed by atoms with Crippen molar-refractivity contribution in [2.45, 2.75) is 39.4 Å². The van der Waals surface area contributed by atoms with Crippen LogP contribution in [0, 0.1) is 13.8 Å². The number of hydrogen-bond donors (Lipinski definition) is 0. The Morgan fingerprint density at radius 3 is 2.50 bits per heavy atom. The molecule has 20 heavy (non-hydrogen) atoms. The molecule has 0 N–H and O–H groups in total. The summed E-state index contributed by atoms with van der Waals surface area (Å²) >= 11 is 0. The van der Waals surface area contributed by atoms with E-state index >= 15 is 0 Å². The molecule has 106 valence electrons. The van der Waals surface area contributed by atoms with Gasteiger partial charge in [0.15, 0.2) is 6.20 Å². The van der Waals surface area contributed by atoms with E-state index in [2.05, 4.69) is 0 Å². The lowest BCUT2D eigenvalue weighted by atomic mass is 10.0. The normalized spacial score (nSPS) is 16.8. The minimum atomic E-state index is -2.36. The summed E-state index contributed by atoms with van der Waals surface area (Å²) in [7, 11) is -0.506. The fraction of sp³-hybridized carbons (Fsp3) is 0.389. The third-order valence-corrected chi connectivity index (χ3v) is 4.22. The molecule has 0 spiro atoms. The average Bonchev–Trinajstić information content (AvgIpc) is 2.45. The first-order valence-electron chi connectivity index (χ1n) is 9.37. The van der Waals surface area contributed by atoms with Crippen LogP contribution in [-0.2, 0) is 13.0 Å². The van der Waals surface area contributed by atoms with Gasteiger partial charge in [0, 0.05) is 32.1 Å². The minimum Gasteiger partial charge on any atom is -0.201 e. The van der Waals surface area contributed by atoms with Gasteiger partial charge < -0.3 is 0 Å². The van der Waals surface area contributed by atoms with Crippen molar-refractivity contribution in [2.75, 3.05) is 0 Å². The van der Waals surface area contributed by atoms with E-state index in [9.17, 15) is 0 Å². The van der Waals surface area contributed by atoms with Gasteiger partial charge in [0.05, 0.1) is 0 Å². The Bertz CT molecular complexity index is 791. The van der Waals surface area contributed by atoms with Crippen LogP contribution < -0.4 is 4.57 Å². The number of aryl methyl sites for hydroxylation is 3. The molecule has 0 saturated heterocycles. The van der Waals surface area contributed by atoms with Gasteiger partial charge in [-0.2, -0.15) is 0 Å². The fourth-order valence-corrected chi connectivity index (χ4v) is 3.30. The van der Waals surface area contributed by atoms with Crippen molar-refractivity contribution >= 4 is 8.07 Å². The van der Waals surface area contributed by atoms with Crippen LogP contribution in [0.5, 0.6) is 0 Å². The van der Waals surface area contributed by atoms with Crippen molar-refractivity contribution < 1.29 is 11.4 Å². The first kappa shape index (κ1) is 9.51. The van der Waals surface area contributed by atoms with Crippen LogP contribution in [0.1, 0.15) is 23.5 Å². The van der Waals surface area contributed by atoms with Gasteiger partial charge in [-0.25, -0.2) is 4.57 Å². The van der Waals surface area contributed by atoms with Crippen molar-refractivity contribution in [3.05, 3.63) is 53.2 Å². The maximum Gasteiger partial charge on any atom is 0.212 e. The molecule has 0 fully saturated rings. The quantitative estimate of drug-likeness (QED) is 0.588. The Balaban J connectivity index is 2.85. The van der Waals surface area contributed by atoms with Gasteiger partial charge in [0.1, 0.15) is 7.05 Å². The van der Waals surface area contributed by atoms with Crippen molar-refractivity contribution in [3.63, 3.8) is 0 Å². The Morgan fingerprint density at radius 1 is 1.20 bits per heavy atom. The molecule has 1 heterocycles. The van der Waals surface area contributed by atoms with E-state index in [1.807, 2.05) is 57.9 Å². The number of hydrogen-bond acceptors (Lipinski definition) is 0. The molecule has 1 nitrogen and oxygen atoms in total. The lowest BCUT2D eigenvalue weighted by Gasteiger charge is -2.17. The van der Waals surface area contributed by atoms with Crippen LogP contribution in [0.3, 0.4) is 0 Å². The highest BCUT2D eigenvalue weighted by molar-refractivity contribution is 6.75. The predicted octanol–water partition coefficient (Wildman–Crippen LogP) is 4.21. The molecular weight excluding hydrogens is 258 g/mol. The number of pyridine rings is 1. The molecule has 1 aromatic carbocycles. The predicted molar refractivity (Wildman–Crippen MR) is 89.6 cm³/mol. The topological polar surface area (TPSA) is 3.88 Å². The number of rotatable bonds is 3. The summed E-state index contributed by atoms with van der Waals surface area (Å²) in [4.78, 5) is 0. The van der Waals surface area contributed by atoms with Gasteiger partial charge in [0.25, 0.3) is 0 Å². The smallest absolute Gasteiger partial charge is 0.201 e. The standard InChI is InChI=1S/C18H26NSi/c1-14-9-7-8-10-17(14)18-11-16(13-20(4,5)6)15(2)12-19(18)3/h7-12H,13H2,1-6H3/q+1/i2D3,13D2. The highest BCUT2D eigenvalue weighted by Crippen LogP contribution is 2.23. The number of nitrogens with zero attached hydrogens (tertiary/aromatic N) is 1. The second-order valence-electron chi connectivity index (χ2n) is 6.29. The summed E-state index contributed by atoms with van der Waals surface area (Å²) in [6, 6.07) is 9.61. The van der Waals surface area contributed by atoms with Gasteiger partial charge in [-0.05, 0) is 37.0 Å². The van der Waals surface area contributed by atoms with Gasteiger partial charge in [-0.15, -0.1) is 0 Å². The Hall–Kier alpha value is -1.41. The summed E-state index contributed by atoms with van der Waals surface area (Å²) in [5.74, 6) is -1.65. The molecule has 1 aromatic heterocycles. The Morgan fingerprint density at radius 2 is 1.90 bits per heavy atom. The van der Waals surface area contributed by atoms with Crippen LogP contribution in [0.4, 0.5) is 0 Å².